The maximum atomic E-state index is 5.11. The average Bonchev–Trinajstić information content (AvgIpc) is 1.88. The van der Waals surface area contributed by atoms with Crippen molar-refractivity contribution in [3.8, 4) is 0 Å². The Morgan fingerprint density at radius 1 is 1.50 bits per heavy atom. The molecule has 0 atom stereocenters. The van der Waals surface area contributed by atoms with Crippen LogP contribution in [0.2, 0.25) is 0 Å². The highest BCUT2D eigenvalue weighted by Gasteiger charge is 1.86. The van der Waals surface area contributed by atoms with Crippen molar-refractivity contribution in [2.75, 3.05) is 5.43 Å². The second kappa shape index (κ2) is 4.09. The molecule has 1 aromatic heterocycles. The van der Waals surface area contributed by atoms with E-state index in [9.17, 15) is 0 Å². The number of aryl methyl sites for hydroxylation is 1. The van der Waals surface area contributed by atoms with Crippen molar-refractivity contribution in [2.24, 2.45) is 5.84 Å². The van der Waals surface area contributed by atoms with Gasteiger partial charge in [-0.15, -0.1) is 12.4 Å². The van der Waals surface area contributed by atoms with Crippen LogP contribution in [0.5, 0.6) is 0 Å². The highest BCUT2D eigenvalue weighted by molar-refractivity contribution is 5.85. The molecule has 0 aliphatic rings. The molecule has 1 heterocycles. The third-order valence-corrected chi connectivity index (χ3v) is 1.04. The zero-order valence-electron chi connectivity index (χ0n) is 5.66. The highest BCUT2D eigenvalue weighted by atomic mass is 35.5. The SMILES string of the molecule is Cc1cccc(NN)n1.Cl. The van der Waals surface area contributed by atoms with Gasteiger partial charge in [0.15, 0.2) is 0 Å². The molecular formula is C6H10ClN3. The molecule has 4 heteroatoms. The lowest BCUT2D eigenvalue weighted by molar-refractivity contribution is 1.16. The van der Waals surface area contributed by atoms with E-state index in [1.54, 1.807) is 0 Å². The van der Waals surface area contributed by atoms with Gasteiger partial charge in [0.05, 0.1) is 0 Å². The summed E-state index contributed by atoms with van der Waals surface area (Å²) in [7, 11) is 0. The van der Waals surface area contributed by atoms with E-state index in [-0.39, 0.29) is 12.4 Å². The molecule has 0 unspecified atom stereocenters. The summed E-state index contributed by atoms with van der Waals surface area (Å²) in [5, 5.41) is 0. The summed E-state index contributed by atoms with van der Waals surface area (Å²) >= 11 is 0. The molecule has 3 N–H and O–H groups in total. The van der Waals surface area contributed by atoms with E-state index in [0.717, 1.165) is 5.69 Å². The van der Waals surface area contributed by atoms with Gasteiger partial charge in [0, 0.05) is 5.69 Å². The van der Waals surface area contributed by atoms with Crippen LogP contribution in [0.15, 0.2) is 18.2 Å². The monoisotopic (exact) mass is 159 g/mol. The van der Waals surface area contributed by atoms with Crippen molar-refractivity contribution in [1.29, 1.82) is 0 Å². The quantitative estimate of drug-likeness (QED) is 0.477. The second-order valence-corrected chi connectivity index (χ2v) is 1.81. The number of nitrogens with one attached hydrogen (secondary N) is 1. The van der Waals surface area contributed by atoms with Crippen molar-refractivity contribution >= 4 is 18.2 Å². The van der Waals surface area contributed by atoms with Crippen LogP contribution in [0, 0.1) is 6.92 Å². The Morgan fingerprint density at radius 3 is 2.60 bits per heavy atom. The molecule has 56 valence electrons. The van der Waals surface area contributed by atoms with E-state index in [4.69, 9.17) is 5.84 Å². The number of hydrogen-bond acceptors (Lipinski definition) is 3. The van der Waals surface area contributed by atoms with Crippen LogP contribution in [0.25, 0.3) is 0 Å². The van der Waals surface area contributed by atoms with Crippen LogP contribution in [-0.4, -0.2) is 4.98 Å². The first kappa shape index (κ1) is 9.20. The first-order valence-electron chi connectivity index (χ1n) is 2.73. The number of nitrogens with two attached hydrogens (primary N) is 1. The van der Waals surface area contributed by atoms with Crippen LogP contribution in [-0.2, 0) is 0 Å². The molecule has 1 rings (SSSR count). The summed E-state index contributed by atoms with van der Waals surface area (Å²) in [6, 6.07) is 5.63. The number of halogens is 1. The molecule has 10 heavy (non-hydrogen) atoms. The fraction of sp³-hybridized carbons (Fsp3) is 0.167. The Balaban J connectivity index is 0.000000810. The molecule has 0 spiro atoms. The van der Waals surface area contributed by atoms with Gasteiger partial charge in [0.25, 0.3) is 0 Å². The molecule has 0 saturated carbocycles. The predicted molar refractivity (Wildman–Crippen MR) is 44.0 cm³/mol. The minimum Gasteiger partial charge on any atom is -0.308 e. The predicted octanol–water partition coefficient (Wildman–Crippen LogP) is 1.10. The fourth-order valence-electron chi connectivity index (χ4n) is 0.623. The Bertz CT molecular complexity index is 202. The summed E-state index contributed by atoms with van der Waals surface area (Å²) in [5.41, 5.74) is 3.42. The van der Waals surface area contributed by atoms with Crippen molar-refractivity contribution in [3.05, 3.63) is 23.9 Å². The van der Waals surface area contributed by atoms with Crippen LogP contribution in [0.1, 0.15) is 5.69 Å². The molecule has 0 amide bonds. The second-order valence-electron chi connectivity index (χ2n) is 1.81. The number of pyridine rings is 1. The summed E-state index contributed by atoms with van der Waals surface area (Å²) in [6.45, 7) is 1.92. The molecule has 0 bridgehead atoms. The van der Waals surface area contributed by atoms with Gasteiger partial charge in [-0.1, -0.05) is 6.07 Å². The van der Waals surface area contributed by atoms with Gasteiger partial charge >= 0.3 is 0 Å². The van der Waals surface area contributed by atoms with Crippen molar-refractivity contribution in [3.63, 3.8) is 0 Å². The van der Waals surface area contributed by atoms with Crippen LogP contribution < -0.4 is 11.3 Å². The van der Waals surface area contributed by atoms with Crippen LogP contribution in [0.4, 0.5) is 5.82 Å². The molecule has 0 aromatic carbocycles. The largest absolute Gasteiger partial charge is 0.308 e. The third-order valence-electron chi connectivity index (χ3n) is 1.04. The van der Waals surface area contributed by atoms with E-state index >= 15 is 0 Å². The zero-order valence-corrected chi connectivity index (χ0v) is 6.48. The van der Waals surface area contributed by atoms with E-state index in [1.165, 1.54) is 0 Å². The van der Waals surface area contributed by atoms with E-state index in [1.807, 2.05) is 25.1 Å². The molecule has 0 aliphatic carbocycles. The summed E-state index contributed by atoms with van der Waals surface area (Å²) in [6.07, 6.45) is 0. The number of nitrogen functional groups attached to an aromatic ring is 1. The van der Waals surface area contributed by atoms with Crippen molar-refractivity contribution < 1.29 is 0 Å². The zero-order chi connectivity index (χ0) is 6.69. The van der Waals surface area contributed by atoms with Crippen molar-refractivity contribution in [2.45, 2.75) is 6.92 Å². The molecular weight excluding hydrogens is 150 g/mol. The first-order valence-corrected chi connectivity index (χ1v) is 2.73. The standard InChI is InChI=1S/C6H9N3.ClH/c1-5-3-2-4-6(8-5)9-7;/h2-4H,7H2,1H3,(H,8,9);1H. The average molecular weight is 160 g/mol. The Kier molecular flexibility index (Phi) is 3.76. The Labute approximate surface area is 66.0 Å². The minimum absolute atomic E-state index is 0. The minimum atomic E-state index is 0. The number of rotatable bonds is 1. The summed E-state index contributed by atoms with van der Waals surface area (Å²) in [4.78, 5) is 4.06. The molecule has 0 fully saturated rings. The van der Waals surface area contributed by atoms with Gasteiger partial charge < -0.3 is 5.43 Å². The van der Waals surface area contributed by atoms with Gasteiger partial charge in [-0.3, -0.25) is 0 Å². The lowest BCUT2D eigenvalue weighted by atomic mass is 10.4. The maximum absolute atomic E-state index is 5.11. The third kappa shape index (κ3) is 2.21. The Hall–Kier alpha value is -0.800. The lowest BCUT2D eigenvalue weighted by Gasteiger charge is -1.96. The molecule has 0 aliphatic heterocycles. The van der Waals surface area contributed by atoms with Gasteiger partial charge in [0.2, 0.25) is 0 Å². The Morgan fingerprint density at radius 2 is 2.20 bits per heavy atom. The van der Waals surface area contributed by atoms with E-state index in [2.05, 4.69) is 10.4 Å². The molecule has 0 saturated heterocycles. The van der Waals surface area contributed by atoms with E-state index in [0.29, 0.717) is 5.82 Å². The maximum Gasteiger partial charge on any atom is 0.140 e. The van der Waals surface area contributed by atoms with Crippen molar-refractivity contribution in [1.82, 2.24) is 4.98 Å². The number of anilines is 1. The van der Waals surface area contributed by atoms with Gasteiger partial charge in [-0.25, -0.2) is 10.8 Å². The highest BCUT2D eigenvalue weighted by Crippen LogP contribution is 2.00. The number of aromatic nitrogens is 1. The number of hydrogen-bond donors (Lipinski definition) is 2. The number of nitrogens with zero attached hydrogens (tertiary/aromatic N) is 1. The lowest BCUT2D eigenvalue weighted by Crippen LogP contribution is -2.08. The molecule has 0 radical (unpaired) electrons. The van der Waals surface area contributed by atoms with E-state index < -0.39 is 0 Å². The smallest absolute Gasteiger partial charge is 0.140 e. The molecule has 1 aromatic rings. The first-order chi connectivity index (χ1) is 4.33. The van der Waals surface area contributed by atoms with Gasteiger partial charge in [-0.2, -0.15) is 0 Å². The van der Waals surface area contributed by atoms with Crippen LogP contribution in [0.3, 0.4) is 0 Å². The fourth-order valence-corrected chi connectivity index (χ4v) is 0.623. The van der Waals surface area contributed by atoms with Crippen LogP contribution >= 0.6 is 12.4 Å². The topological polar surface area (TPSA) is 50.9 Å². The summed E-state index contributed by atoms with van der Waals surface area (Å²) in [5.74, 6) is 5.81. The summed E-state index contributed by atoms with van der Waals surface area (Å²) < 4.78 is 0. The number of hydrazine groups is 1. The normalized spacial score (nSPS) is 8.20. The molecule has 3 nitrogen and oxygen atoms in total. The van der Waals surface area contributed by atoms with Gasteiger partial charge in [0.1, 0.15) is 5.82 Å². The van der Waals surface area contributed by atoms with Gasteiger partial charge in [-0.05, 0) is 19.1 Å².